The van der Waals surface area contributed by atoms with Gasteiger partial charge in [-0.3, -0.25) is 10.2 Å². The second kappa shape index (κ2) is 24.1. The van der Waals surface area contributed by atoms with E-state index in [2.05, 4.69) is 23.1 Å². The molecule has 0 saturated heterocycles. The van der Waals surface area contributed by atoms with E-state index in [9.17, 15) is 19.8 Å². The third-order valence-corrected chi connectivity index (χ3v) is 12.3. The fraction of sp³-hybridized carbons (Fsp3) is 0.500. The molecule has 3 aromatic rings. The molecule has 6 unspecified atom stereocenters. The number of fused-ring (bicyclic) bond motifs is 2. The first-order valence-corrected chi connectivity index (χ1v) is 22.6. The largest absolute Gasteiger partial charge is 0.497 e. The van der Waals surface area contributed by atoms with Crippen LogP contribution in [0.4, 0.5) is 15.3 Å². The highest BCUT2D eigenvalue weighted by molar-refractivity contribution is 6.03. The maximum absolute atomic E-state index is 14.4. The number of carbonyl (C=O) groups is 2. The van der Waals surface area contributed by atoms with Crippen molar-refractivity contribution in [3.05, 3.63) is 102 Å². The van der Waals surface area contributed by atoms with Crippen LogP contribution in [-0.4, -0.2) is 106 Å². The quantitative estimate of drug-likeness (QED) is 0.0444. The summed E-state index contributed by atoms with van der Waals surface area (Å²) in [5.74, 6) is -0.619. The van der Waals surface area contributed by atoms with Gasteiger partial charge in [0.2, 0.25) is 5.79 Å². The summed E-state index contributed by atoms with van der Waals surface area (Å²) in [5, 5.41) is 27.2. The minimum absolute atomic E-state index is 0.0150. The second-order valence-electron chi connectivity index (χ2n) is 16.4. The molecular formula is C50H65N3O12. The highest BCUT2D eigenvalue weighted by Gasteiger charge is 2.65. The number of unbranched alkanes of at least 4 members (excludes halogenated alkanes) is 2. The molecule has 6 atom stereocenters. The molecule has 3 aromatic carbocycles. The number of rotatable bonds is 24. The maximum atomic E-state index is 14.4. The molecule has 1 aliphatic heterocycles. The van der Waals surface area contributed by atoms with Crippen molar-refractivity contribution in [2.45, 2.75) is 82.6 Å². The number of nitrogens with zero attached hydrogens (tertiary/aromatic N) is 2. The van der Waals surface area contributed by atoms with Gasteiger partial charge in [-0.05, 0) is 85.4 Å². The van der Waals surface area contributed by atoms with Crippen LogP contribution in [0.1, 0.15) is 75.3 Å². The molecule has 15 nitrogen and oxygen atoms in total. The van der Waals surface area contributed by atoms with Crippen molar-refractivity contribution in [2.75, 3.05) is 66.2 Å². The summed E-state index contributed by atoms with van der Waals surface area (Å²) in [5.41, 5.74) is 3.74. The number of hydrogen-bond acceptors (Lipinski definition) is 13. The first-order chi connectivity index (χ1) is 31.7. The van der Waals surface area contributed by atoms with Crippen molar-refractivity contribution >= 4 is 23.6 Å². The second-order valence-corrected chi connectivity index (χ2v) is 16.4. The van der Waals surface area contributed by atoms with E-state index < -0.39 is 29.9 Å². The van der Waals surface area contributed by atoms with Crippen molar-refractivity contribution in [1.82, 2.24) is 4.90 Å². The lowest BCUT2D eigenvalue weighted by Gasteiger charge is -2.59. The van der Waals surface area contributed by atoms with Crippen LogP contribution in [0.2, 0.25) is 0 Å². The van der Waals surface area contributed by atoms with Crippen LogP contribution in [0.3, 0.4) is 0 Å². The van der Waals surface area contributed by atoms with E-state index in [4.69, 9.17) is 38.0 Å². The van der Waals surface area contributed by atoms with Crippen molar-refractivity contribution in [1.29, 1.82) is 0 Å². The van der Waals surface area contributed by atoms with Crippen LogP contribution in [0.5, 0.6) is 23.0 Å². The zero-order valence-corrected chi connectivity index (χ0v) is 38.1. The highest BCUT2D eigenvalue weighted by atomic mass is 16.7. The molecule has 1 heterocycles. The predicted molar refractivity (Wildman–Crippen MR) is 246 cm³/mol. The number of aliphatic hydroxyl groups is 2. The Bertz CT molecular complexity index is 2100. The summed E-state index contributed by atoms with van der Waals surface area (Å²) in [7, 11) is 4.55. The molecule has 1 fully saturated rings. The molecule has 0 bridgehead atoms. The number of nitrogens with one attached hydrogen (secondary N) is 1. The third kappa shape index (κ3) is 11.6. The zero-order valence-electron chi connectivity index (χ0n) is 38.1. The number of ether oxygens (including phenoxy) is 7. The lowest BCUT2D eigenvalue weighted by Crippen LogP contribution is -2.70. The molecule has 0 spiro atoms. The van der Waals surface area contributed by atoms with Gasteiger partial charge in [-0.25, -0.2) is 9.59 Å². The number of methoxy groups -OCH3 is 2. The Kier molecular flexibility index (Phi) is 18.1. The van der Waals surface area contributed by atoms with Gasteiger partial charge in [-0.2, -0.15) is 0 Å². The Hall–Kier alpha value is -5.61. The maximum Gasteiger partial charge on any atom is 0.417 e. The molecule has 2 aliphatic carbocycles. The zero-order chi connectivity index (χ0) is 46.2. The Morgan fingerprint density at radius 3 is 2.43 bits per heavy atom. The minimum Gasteiger partial charge on any atom is -0.497 e. The summed E-state index contributed by atoms with van der Waals surface area (Å²) in [6.45, 7) is 7.16. The standard InChI is InChI=1S/C50H65N3O12/c1-6-23-53(49(57)62-28-27-61-33-34-15-9-8-10-16-34)45-32-42(52-60-5)39-29-35(17-11-13-24-54)38(18-12-14-25-55)46-40-30-37(20-22-43(40)65-50(45,47(39)46)63-26-7-2)64-48(56)51-41-21-19-36(58-3)31-44(41)59-4/h7-10,15-16,19-22,29-31,35,38,45-47,54-55H,2,6,11-14,17-18,23-28,32-33H2,1,3-5H3,(H,51,56). The topological polar surface area (TPSA) is 176 Å². The summed E-state index contributed by atoms with van der Waals surface area (Å²) in [4.78, 5) is 35.2. The SMILES string of the molecule is C=CCOC12Oc3ccc(OC(=O)Nc4ccc(OC)cc4OC)cc3C3C(CCCCO)C(CCCCO)C=C(C(=NOC)CC1N(CCC)C(=O)OCCOCc1ccccc1)C32. The summed E-state index contributed by atoms with van der Waals surface area (Å²) >= 11 is 0. The Morgan fingerprint density at radius 2 is 1.72 bits per heavy atom. The highest BCUT2D eigenvalue weighted by Crippen LogP contribution is 2.62. The third-order valence-electron chi connectivity index (χ3n) is 12.3. The number of carbonyl (C=O) groups excluding carboxylic acids is 2. The smallest absolute Gasteiger partial charge is 0.417 e. The van der Waals surface area contributed by atoms with Gasteiger partial charge in [0, 0.05) is 43.7 Å². The number of hydrogen-bond donors (Lipinski definition) is 3. The number of allylic oxidation sites excluding steroid dienone is 1. The fourth-order valence-electron chi connectivity index (χ4n) is 9.62. The average Bonchev–Trinajstić information content (AvgIpc) is 3.32. The van der Waals surface area contributed by atoms with E-state index >= 15 is 0 Å². The number of benzene rings is 3. The fourth-order valence-corrected chi connectivity index (χ4v) is 9.62. The Morgan fingerprint density at radius 1 is 0.954 bits per heavy atom. The van der Waals surface area contributed by atoms with Gasteiger partial charge in [0.25, 0.3) is 0 Å². The van der Waals surface area contributed by atoms with Gasteiger partial charge in [0.15, 0.2) is 0 Å². The van der Waals surface area contributed by atoms with E-state index in [1.165, 1.54) is 14.2 Å². The number of aliphatic hydroxyl groups excluding tert-OH is 2. The minimum atomic E-state index is -1.47. The monoisotopic (exact) mass is 899 g/mol. The summed E-state index contributed by atoms with van der Waals surface area (Å²) in [6.07, 6.45) is 7.78. The molecular weight excluding hydrogens is 835 g/mol. The molecule has 1 saturated carbocycles. The summed E-state index contributed by atoms with van der Waals surface area (Å²) < 4.78 is 42.8. The molecule has 3 aliphatic rings. The molecule has 6 rings (SSSR count). The van der Waals surface area contributed by atoms with E-state index in [0.717, 1.165) is 42.4 Å². The molecule has 352 valence electrons. The van der Waals surface area contributed by atoms with Crippen molar-refractivity contribution in [3.63, 3.8) is 0 Å². The molecule has 0 radical (unpaired) electrons. The van der Waals surface area contributed by atoms with Crippen LogP contribution in [-0.2, 0) is 25.7 Å². The van der Waals surface area contributed by atoms with Gasteiger partial charge < -0.3 is 48.2 Å². The van der Waals surface area contributed by atoms with Crippen molar-refractivity contribution < 1.29 is 57.8 Å². The van der Waals surface area contributed by atoms with Crippen molar-refractivity contribution in [2.24, 2.45) is 22.9 Å². The average molecular weight is 900 g/mol. The Labute approximate surface area is 382 Å². The summed E-state index contributed by atoms with van der Waals surface area (Å²) in [6, 6.07) is 19.4. The van der Waals surface area contributed by atoms with Crippen LogP contribution < -0.4 is 24.3 Å². The first-order valence-electron chi connectivity index (χ1n) is 22.6. The molecule has 65 heavy (non-hydrogen) atoms. The number of amides is 2. The van der Waals surface area contributed by atoms with Gasteiger partial charge in [0.1, 0.15) is 42.8 Å². The van der Waals surface area contributed by atoms with Gasteiger partial charge in [-0.15, -0.1) is 6.58 Å². The van der Waals surface area contributed by atoms with Gasteiger partial charge >= 0.3 is 12.2 Å². The van der Waals surface area contributed by atoms with E-state index in [0.29, 0.717) is 61.1 Å². The van der Waals surface area contributed by atoms with Gasteiger partial charge in [0.05, 0.1) is 51.4 Å². The predicted octanol–water partition coefficient (Wildman–Crippen LogP) is 8.64. The van der Waals surface area contributed by atoms with Crippen LogP contribution >= 0.6 is 0 Å². The normalized spacial score (nSPS) is 22.3. The lowest BCUT2D eigenvalue weighted by molar-refractivity contribution is -0.255. The molecule has 2 amide bonds. The molecule has 3 N–H and O–H groups in total. The molecule has 0 aromatic heterocycles. The lowest BCUT2D eigenvalue weighted by atomic mass is 9.55. The van der Waals surface area contributed by atoms with Crippen LogP contribution in [0.25, 0.3) is 0 Å². The van der Waals surface area contributed by atoms with Crippen molar-refractivity contribution in [3.8, 4) is 23.0 Å². The number of oxime groups is 1. The molecule has 15 heteroatoms. The van der Waals surface area contributed by atoms with Crippen LogP contribution in [0, 0.1) is 17.8 Å². The number of anilines is 1. The van der Waals surface area contributed by atoms with Gasteiger partial charge in [-0.1, -0.05) is 67.4 Å². The van der Waals surface area contributed by atoms with Crippen LogP contribution in [0.15, 0.2) is 96.2 Å². The first kappa shape index (κ1) is 48.8. The Balaban J connectivity index is 1.43. The van der Waals surface area contributed by atoms with E-state index in [1.807, 2.05) is 43.3 Å². The van der Waals surface area contributed by atoms with E-state index in [-0.39, 0.29) is 63.0 Å². The van der Waals surface area contributed by atoms with E-state index in [1.54, 1.807) is 48.4 Å².